The number of likely N-dealkylation sites (tertiary alicyclic amines) is 1. The van der Waals surface area contributed by atoms with Crippen LogP contribution in [0.1, 0.15) is 49.8 Å². The molecule has 2 aromatic carbocycles. The van der Waals surface area contributed by atoms with Crippen molar-refractivity contribution in [1.29, 1.82) is 0 Å². The van der Waals surface area contributed by atoms with Gasteiger partial charge in [-0.2, -0.15) is 0 Å². The molecular formula is C29H35N3O2. The summed E-state index contributed by atoms with van der Waals surface area (Å²) in [6.07, 6.45) is 8.52. The molecule has 0 aliphatic carbocycles. The van der Waals surface area contributed by atoms with Gasteiger partial charge < -0.3 is 15.0 Å². The molecule has 0 saturated carbocycles. The molecule has 1 aromatic heterocycles. The molecule has 34 heavy (non-hydrogen) atoms. The van der Waals surface area contributed by atoms with Gasteiger partial charge in [0.2, 0.25) is 5.91 Å². The lowest BCUT2D eigenvalue weighted by molar-refractivity contribution is -0.116. The van der Waals surface area contributed by atoms with Gasteiger partial charge in [-0.25, -0.2) is 0 Å². The number of aromatic nitrogens is 1. The van der Waals surface area contributed by atoms with Gasteiger partial charge in [-0.1, -0.05) is 24.3 Å². The van der Waals surface area contributed by atoms with Crippen molar-refractivity contribution in [3.8, 4) is 5.75 Å². The van der Waals surface area contributed by atoms with Crippen LogP contribution in [0.5, 0.6) is 5.75 Å². The zero-order valence-corrected chi connectivity index (χ0v) is 20.0. The van der Waals surface area contributed by atoms with E-state index in [9.17, 15) is 4.79 Å². The molecule has 1 fully saturated rings. The lowest BCUT2D eigenvalue weighted by atomic mass is 9.91. The number of carbonyl (C=O) groups excluding carboxylic acids is 1. The Morgan fingerprint density at radius 2 is 1.85 bits per heavy atom. The maximum Gasteiger partial charge on any atom is 0.224 e. The van der Waals surface area contributed by atoms with E-state index in [1.54, 1.807) is 0 Å². The molecule has 3 heterocycles. The Balaban J connectivity index is 0.960. The zero-order valence-electron chi connectivity index (χ0n) is 20.0. The summed E-state index contributed by atoms with van der Waals surface area (Å²) in [5.41, 5.74) is 4.46. The molecule has 2 aliphatic heterocycles. The average Bonchev–Trinajstić information content (AvgIpc) is 2.87. The number of amides is 1. The quantitative estimate of drug-likeness (QED) is 0.424. The number of fused-ring (bicyclic) bond motifs is 2. The third-order valence-electron chi connectivity index (χ3n) is 7.22. The minimum Gasteiger partial charge on any atom is -0.494 e. The molecule has 5 heteroatoms. The van der Waals surface area contributed by atoms with Crippen molar-refractivity contribution in [1.82, 2.24) is 9.88 Å². The van der Waals surface area contributed by atoms with E-state index in [1.807, 2.05) is 12.1 Å². The number of hydrogen-bond donors (Lipinski definition) is 1. The summed E-state index contributed by atoms with van der Waals surface area (Å²) in [7, 11) is 0. The molecule has 0 unspecified atom stereocenters. The fourth-order valence-corrected chi connectivity index (χ4v) is 5.19. The van der Waals surface area contributed by atoms with Crippen LogP contribution in [-0.4, -0.2) is 42.0 Å². The Morgan fingerprint density at radius 3 is 2.76 bits per heavy atom. The number of unbranched alkanes of at least 4 members (excludes halogenated alkanes) is 2. The number of carbonyl (C=O) groups is 1. The number of aryl methyl sites for hydroxylation is 1. The molecule has 3 aromatic rings. The summed E-state index contributed by atoms with van der Waals surface area (Å²) in [4.78, 5) is 19.0. The van der Waals surface area contributed by atoms with Crippen LogP contribution in [0.25, 0.3) is 10.9 Å². The second-order valence-corrected chi connectivity index (χ2v) is 9.76. The van der Waals surface area contributed by atoms with E-state index in [4.69, 9.17) is 9.72 Å². The van der Waals surface area contributed by atoms with Crippen molar-refractivity contribution in [3.63, 3.8) is 0 Å². The first-order valence-corrected chi connectivity index (χ1v) is 12.9. The van der Waals surface area contributed by atoms with Crippen molar-refractivity contribution < 1.29 is 9.53 Å². The van der Waals surface area contributed by atoms with Crippen LogP contribution in [0, 0.1) is 5.92 Å². The van der Waals surface area contributed by atoms with Crippen molar-refractivity contribution in [3.05, 3.63) is 65.9 Å². The lowest BCUT2D eigenvalue weighted by Crippen LogP contribution is -2.35. The van der Waals surface area contributed by atoms with Crippen molar-refractivity contribution in [2.24, 2.45) is 5.92 Å². The lowest BCUT2D eigenvalue weighted by Gasteiger charge is -2.31. The molecule has 0 atom stereocenters. The smallest absolute Gasteiger partial charge is 0.224 e. The van der Waals surface area contributed by atoms with E-state index in [0.717, 1.165) is 48.7 Å². The Hall–Kier alpha value is -2.92. The molecule has 2 aliphatic rings. The summed E-state index contributed by atoms with van der Waals surface area (Å²) >= 11 is 0. The van der Waals surface area contributed by atoms with Crippen LogP contribution in [0.3, 0.4) is 0 Å². The predicted octanol–water partition coefficient (Wildman–Crippen LogP) is 5.62. The molecule has 5 rings (SSSR count). The van der Waals surface area contributed by atoms with Crippen molar-refractivity contribution >= 4 is 22.5 Å². The average molecular weight is 458 g/mol. The van der Waals surface area contributed by atoms with Gasteiger partial charge in [0.05, 0.1) is 12.1 Å². The molecule has 1 saturated heterocycles. The van der Waals surface area contributed by atoms with E-state index in [1.165, 1.54) is 62.0 Å². The summed E-state index contributed by atoms with van der Waals surface area (Å²) in [6, 6.07) is 18.8. The molecular weight excluding hydrogens is 422 g/mol. The first-order valence-electron chi connectivity index (χ1n) is 12.9. The first kappa shape index (κ1) is 22.9. The van der Waals surface area contributed by atoms with Crippen LogP contribution in [0.2, 0.25) is 0 Å². The molecule has 1 N–H and O–H groups in total. The highest BCUT2D eigenvalue weighted by Gasteiger charge is 2.20. The second kappa shape index (κ2) is 11.0. The van der Waals surface area contributed by atoms with Crippen LogP contribution >= 0.6 is 0 Å². The van der Waals surface area contributed by atoms with Gasteiger partial charge in [0.1, 0.15) is 5.75 Å². The number of piperidine rings is 1. The number of pyridine rings is 1. The Morgan fingerprint density at radius 1 is 0.971 bits per heavy atom. The van der Waals surface area contributed by atoms with E-state index in [2.05, 4.69) is 52.7 Å². The Bertz CT molecular complexity index is 1120. The molecule has 5 nitrogen and oxygen atoms in total. The minimum absolute atomic E-state index is 0.104. The SMILES string of the molecule is O=C1CCc2cc(OCCCCCN3CCC(Cc4ccc5ccccc5n4)CC3)ccc2N1. The van der Waals surface area contributed by atoms with Gasteiger partial charge >= 0.3 is 0 Å². The third kappa shape index (κ3) is 5.95. The molecule has 0 radical (unpaired) electrons. The minimum atomic E-state index is 0.104. The van der Waals surface area contributed by atoms with Crippen LogP contribution in [0.15, 0.2) is 54.6 Å². The summed E-state index contributed by atoms with van der Waals surface area (Å²) in [6.45, 7) is 4.37. The molecule has 178 valence electrons. The van der Waals surface area contributed by atoms with E-state index < -0.39 is 0 Å². The van der Waals surface area contributed by atoms with Crippen LogP contribution < -0.4 is 10.1 Å². The van der Waals surface area contributed by atoms with Gasteiger partial charge in [-0.05, 0) is 106 Å². The van der Waals surface area contributed by atoms with Crippen molar-refractivity contribution in [2.75, 3.05) is 31.6 Å². The number of ether oxygens (including phenoxy) is 1. The molecule has 1 amide bonds. The number of benzene rings is 2. The maximum absolute atomic E-state index is 11.5. The fraction of sp³-hybridized carbons (Fsp3) is 0.448. The highest BCUT2D eigenvalue weighted by Crippen LogP contribution is 2.27. The number of para-hydroxylation sites is 1. The normalized spacial score (nSPS) is 16.9. The summed E-state index contributed by atoms with van der Waals surface area (Å²) in [5, 5.41) is 4.15. The van der Waals surface area contributed by atoms with Gasteiger partial charge in [0, 0.05) is 23.2 Å². The van der Waals surface area contributed by atoms with Crippen LogP contribution in [-0.2, 0) is 17.6 Å². The van der Waals surface area contributed by atoms with Crippen molar-refractivity contribution in [2.45, 2.75) is 51.4 Å². The maximum atomic E-state index is 11.5. The highest BCUT2D eigenvalue weighted by atomic mass is 16.5. The highest BCUT2D eigenvalue weighted by molar-refractivity contribution is 5.94. The standard InChI is InChI=1S/C29H35N3O2/c33-29-13-9-24-21-26(11-12-28(24)31-29)34-19-5-1-4-16-32-17-14-22(15-18-32)20-25-10-8-23-6-2-3-7-27(23)30-25/h2-3,6-8,10-12,21-22H,1,4-5,9,13-20H2,(H,31,33). The molecule has 0 bridgehead atoms. The fourth-order valence-electron chi connectivity index (χ4n) is 5.19. The Kier molecular flexibility index (Phi) is 7.40. The van der Waals surface area contributed by atoms with Gasteiger partial charge in [-0.3, -0.25) is 9.78 Å². The number of nitrogens with one attached hydrogen (secondary N) is 1. The zero-order chi connectivity index (χ0) is 23.2. The monoisotopic (exact) mass is 457 g/mol. The van der Waals surface area contributed by atoms with E-state index >= 15 is 0 Å². The van der Waals surface area contributed by atoms with Crippen LogP contribution in [0.4, 0.5) is 5.69 Å². The van der Waals surface area contributed by atoms with E-state index in [0.29, 0.717) is 6.42 Å². The largest absolute Gasteiger partial charge is 0.494 e. The van der Waals surface area contributed by atoms with Gasteiger partial charge in [-0.15, -0.1) is 0 Å². The summed E-state index contributed by atoms with van der Waals surface area (Å²) < 4.78 is 5.96. The van der Waals surface area contributed by atoms with Gasteiger partial charge in [0.25, 0.3) is 0 Å². The third-order valence-corrected chi connectivity index (χ3v) is 7.22. The number of anilines is 1. The number of rotatable bonds is 9. The van der Waals surface area contributed by atoms with E-state index in [-0.39, 0.29) is 5.91 Å². The number of nitrogens with zero attached hydrogens (tertiary/aromatic N) is 2. The Labute approximate surface area is 202 Å². The van der Waals surface area contributed by atoms with Gasteiger partial charge in [0.15, 0.2) is 0 Å². The second-order valence-electron chi connectivity index (χ2n) is 9.76. The topological polar surface area (TPSA) is 54.5 Å². The molecule has 0 spiro atoms. The summed E-state index contributed by atoms with van der Waals surface area (Å²) in [5.74, 6) is 1.77. The first-order chi connectivity index (χ1) is 16.7. The predicted molar refractivity (Wildman–Crippen MR) is 137 cm³/mol. The number of hydrogen-bond acceptors (Lipinski definition) is 4.